The molecule has 6 nitrogen and oxygen atoms in total. The number of hydrogen-bond donors (Lipinski definition) is 2. The second-order valence-electron chi connectivity index (χ2n) is 8.36. The van der Waals surface area contributed by atoms with Gasteiger partial charge in [-0.2, -0.15) is 10.4 Å². The maximum Gasteiger partial charge on any atom is 0.246 e. The van der Waals surface area contributed by atoms with E-state index in [1.165, 1.54) is 0 Å². The van der Waals surface area contributed by atoms with Crippen LogP contribution in [0.4, 0.5) is 5.69 Å². The monoisotopic (exact) mass is 449 g/mol. The average Bonchev–Trinajstić information content (AvgIpc) is 3.31. The highest BCUT2D eigenvalue weighted by atomic mass is 16.2. The molecule has 0 saturated carbocycles. The Balaban J connectivity index is 1.46. The molecule has 0 aliphatic carbocycles. The van der Waals surface area contributed by atoms with Gasteiger partial charge in [-0.25, -0.2) is 0 Å². The third-order valence-corrected chi connectivity index (χ3v) is 5.82. The van der Waals surface area contributed by atoms with Crippen LogP contribution in [0.3, 0.4) is 0 Å². The van der Waals surface area contributed by atoms with Gasteiger partial charge in [0.05, 0.1) is 17.8 Å². The van der Waals surface area contributed by atoms with Gasteiger partial charge in [0.2, 0.25) is 5.91 Å². The molecule has 0 spiro atoms. The third kappa shape index (κ3) is 5.58. The summed E-state index contributed by atoms with van der Waals surface area (Å²) in [7, 11) is 1.89. The smallest absolute Gasteiger partial charge is 0.246 e. The topological polar surface area (TPSA) is 82.7 Å². The number of benzene rings is 3. The van der Waals surface area contributed by atoms with E-state index in [0.29, 0.717) is 12.1 Å². The first-order valence-electron chi connectivity index (χ1n) is 11.2. The van der Waals surface area contributed by atoms with Crippen LogP contribution in [0.5, 0.6) is 0 Å². The zero-order chi connectivity index (χ0) is 23.9. The minimum atomic E-state index is -0.500. The molecule has 0 aliphatic heterocycles. The van der Waals surface area contributed by atoms with Gasteiger partial charge in [0.25, 0.3) is 0 Å². The van der Waals surface area contributed by atoms with Crippen LogP contribution in [0.1, 0.15) is 35.6 Å². The zero-order valence-corrected chi connectivity index (χ0v) is 19.3. The van der Waals surface area contributed by atoms with Crippen molar-refractivity contribution in [2.45, 2.75) is 18.9 Å². The third-order valence-electron chi connectivity index (χ3n) is 5.82. The van der Waals surface area contributed by atoms with Crippen molar-refractivity contribution in [3.8, 4) is 17.2 Å². The SMILES string of the molecule is C[C@@H](CN[C@H](C(=O)Nc1ccc(-c2cnn(C)c2)cc1)c1ccccc1)c1ccc(C#N)cc1. The summed E-state index contributed by atoms with van der Waals surface area (Å²) in [6.07, 6.45) is 3.77. The fourth-order valence-corrected chi connectivity index (χ4v) is 3.84. The molecule has 3 aromatic carbocycles. The Morgan fingerprint density at radius 3 is 2.29 bits per heavy atom. The normalized spacial score (nSPS) is 12.5. The summed E-state index contributed by atoms with van der Waals surface area (Å²) >= 11 is 0. The van der Waals surface area contributed by atoms with Crippen molar-refractivity contribution in [3.63, 3.8) is 0 Å². The van der Waals surface area contributed by atoms with E-state index in [-0.39, 0.29) is 11.8 Å². The highest BCUT2D eigenvalue weighted by Gasteiger charge is 2.21. The molecule has 2 atom stereocenters. The lowest BCUT2D eigenvalue weighted by Gasteiger charge is -2.22. The highest BCUT2D eigenvalue weighted by Crippen LogP contribution is 2.23. The summed E-state index contributed by atoms with van der Waals surface area (Å²) in [5, 5.41) is 19.7. The van der Waals surface area contributed by atoms with E-state index in [2.05, 4.69) is 28.7 Å². The number of nitrogens with zero attached hydrogens (tertiary/aromatic N) is 3. The molecule has 170 valence electrons. The lowest BCUT2D eigenvalue weighted by molar-refractivity contribution is -0.118. The number of hydrogen-bond acceptors (Lipinski definition) is 4. The Morgan fingerprint density at radius 2 is 1.68 bits per heavy atom. The quantitative estimate of drug-likeness (QED) is 0.395. The van der Waals surface area contributed by atoms with Crippen molar-refractivity contribution in [2.24, 2.45) is 7.05 Å². The number of carbonyl (C=O) groups is 1. The van der Waals surface area contributed by atoms with Crippen molar-refractivity contribution >= 4 is 11.6 Å². The molecule has 0 saturated heterocycles. The van der Waals surface area contributed by atoms with Gasteiger partial charge in [0.1, 0.15) is 6.04 Å². The van der Waals surface area contributed by atoms with Crippen molar-refractivity contribution in [1.82, 2.24) is 15.1 Å². The van der Waals surface area contributed by atoms with Gasteiger partial charge in [0.15, 0.2) is 0 Å². The van der Waals surface area contributed by atoms with Crippen molar-refractivity contribution in [3.05, 3.63) is 108 Å². The van der Waals surface area contributed by atoms with Crippen LogP contribution in [0.2, 0.25) is 0 Å². The van der Waals surface area contributed by atoms with E-state index in [0.717, 1.165) is 27.9 Å². The minimum absolute atomic E-state index is 0.118. The summed E-state index contributed by atoms with van der Waals surface area (Å²) in [5.74, 6) is 0.0536. The molecule has 1 heterocycles. The molecular weight excluding hydrogens is 422 g/mol. The van der Waals surface area contributed by atoms with Crippen LogP contribution in [0, 0.1) is 11.3 Å². The number of nitriles is 1. The number of aryl methyl sites for hydroxylation is 1. The average molecular weight is 450 g/mol. The van der Waals surface area contributed by atoms with Crippen LogP contribution in [0.15, 0.2) is 91.3 Å². The first kappa shape index (κ1) is 23.0. The number of amides is 1. The molecule has 6 heteroatoms. The van der Waals surface area contributed by atoms with Gasteiger partial charge in [-0.1, -0.05) is 61.5 Å². The molecule has 0 fully saturated rings. The Kier molecular flexibility index (Phi) is 7.16. The highest BCUT2D eigenvalue weighted by molar-refractivity contribution is 5.95. The predicted molar refractivity (Wildman–Crippen MR) is 134 cm³/mol. The largest absolute Gasteiger partial charge is 0.324 e. The number of aromatic nitrogens is 2. The molecule has 0 unspecified atom stereocenters. The Labute approximate surface area is 199 Å². The summed E-state index contributed by atoms with van der Waals surface area (Å²) in [6.45, 7) is 2.71. The Bertz CT molecular complexity index is 1270. The van der Waals surface area contributed by atoms with Crippen LogP contribution < -0.4 is 10.6 Å². The number of rotatable bonds is 8. The maximum atomic E-state index is 13.3. The summed E-state index contributed by atoms with van der Waals surface area (Å²) < 4.78 is 1.76. The zero-order valence-electron chi connectivity index (χ0n) is 19.3. The second-order valence-corrected chi connectivity index (χ2v) is 8.36. The number of nitrogens with one attached hydrogen (secondary N) is 2. The first-order chi connectivity index (χ1) is 16.5. The van der Waals surface area contributed by atoms with Crippen molar-refractivity contribution in [1.29, 1.82) is 5.26 Å². The maximum absolute atomic E-state index is 13.3. The van der Waals surface area contributed by atoms with E-state index >= 15 is 0 Å². The van der Waals surface area contributed by atoms with Gasteiger partial charge in [-0.05, 0) is 46.9 Å². The van der Waals surface area contributed by atoms with Gasteiger partial charge in [-0.3, -0.25) is 9.48 Å². The molecule has 1 aromatic heterocycles. The molecule has 0 radical (unpaired) electrons. The molecule has 0 bridgehead atoms. The van der Waals surface area contributed by atoms with E-state index in [9.17, 15) is 4.79 Å². The van der Waals surface area contributed by atoms with Crippen LogP contribution in [-0.2, 0) is 11.8 Å². The lowest BCUT2D eigenvalue weighted by atomic mass is 9.98. The molecular formula is C28H27N5O. The Morgan fingerprint density at radius 1 is 0.971 bits per heavy atom. The van der Waals surface area contributed by atoms with Crippen LogP contribution >= 0.6 is 0 Å². The van der Waals surface area contributed by atoms with Crippen molar-refractivity contribution < 1.29 is 4.79 Å². The molecule has 4 aromatic rings. The lowest BCUT2D eigenvalue weighted by Crippen LogP contribution is -2.35. The van der Waals surface area contributed by atoms with E-state index in [4.69, 9.17) is 5.26 Å². The van der Waals surface area contributed by atoms with Gasteiger partial charge in [-0.15, -0.1) is 0 Å². The number of carbonyl (C=O) groups excluding carboxylic acids is 1. The van der Waals surface area contributed by atoms with Gasteiger partial charge in [0, 0.05) is 31.0 Å². The van der Waals surface area contributed by atoms with Gasteiger partial charge < -0.3 is 10.6 Å². The van der Waals surface area contributed by atoms with E-state index in [1.54, 1.807) is 4.68 Å². The molecule has 0 aliphatic rings. The standard InChI is InChI=1S/C28H27N5O/c1-20(22-10-8-21(16-29)9-11-22)17-30-27(24-6-4-3-5-7-24)28(34)32-26-14-12-23(13-15-26)25-18-31-33(2)19-25/h3-15,18-20,27,30H,17H2,1-2H3,(H,32,34)/t20-,27-/m0/s1. The van der Waals surface area contributed by atoms with E-state index < -0.39 is 6.04 Å². The van der Waals surface area contributed by atoms with Crippen LogP contribution in [-0.4, -0.2) is 22.2 Å². The predicted octanol–water partition coefficient (Wildman–Crippen LogP) is 5.03. The molecule has 1 amide bonds. The summed E-state index contributed by atoms with van der Waals surface area (Å²) in [4.78, 5) is 13.3. The minimum Gasteiger partial charge on any atom is -0.324 e. The van der Waals surface area contributed by atoms with Crippen molar-refractivity contribution in [2.75, 3.05) is 11.9 Å². The van der Waals surface area contributed by atoms with Gasteiger partial charge >= 0.3 is 0 Å². The molecule has 34 heavy (non-hydrogen) atoms. The second kappa shape index (κ2) is 10.6. The Hall–Kier alpha value is -4.21. The molecule has 2 N–H and O–H groups in total. The van der Waals surface area contributed by atoms with E-state index in [1.807, 2.05) is 98.3 Å². The van der Waals surface area contributed by atoms with Crippen LogP contribution in [0.25, 0.3) is 11.1 Å². The fourth-order valence-electron chi connectivity index (χ4n) is 3.84. The first-order valence-corrected chi connectivity index (χ1v) is 11.2. The summed E-state index contributed by atoms with van der Waals surface area (Å²) in [5.41, 5.74) is 5.46. The number of anilines is 1. The molecule has 4 rings (SSSR count). The fraction of sp³-hybridized carbons (Fsp3) is 0.179. The summed E-state index contributed by atoms with van der Waals surface area (Å²) in [6, 6.07) is 26.7.